The smallest absolute Gasteiger partial charge is 0.263 e. The molecule has 0 saturated heterocycles. The largest absolute Gasteiger partial charge is 0.493 e. The summed E-state index contributed by atoms with van der Waals surface area (Å²) in [6.07, 6.45) is 8.97. The van der Waals surface area contributed by atoms with Crippen LogP contribution in [0, 0.1) is 18.8 Å². The molecule has 0 spiro atoms. The summed E-state index contributed by atoms with van der Waals surface area (Å²) >= 11 is 0. The van der Waals surface area contributed by atoms with Crippen molar-refractivity contribution in [3.8, 4) is 5.88 Å². The van der Waals surface area contributed by atoms with Crippen molar-refractivity contribution in [3.05, 3.63) is 51.3 Å². The van der Waals surface area contributed by atoms with Gasteiger partial charge in [0.25, 0.3) is 17.4 Å². The normalized spacial score (nSPS) is 13.2. The fourth-order valence-corrected chi connectivity index (χ4v) is 5.15. The molecular formula is C34H53N5O4. The molecule has 1 aromatic carbocycles. The predicted octanol–water partition coefficient (Wildman–Crippen LogP) is 8.21. The Morgan fingerprint density at radius 1 is 0.930 bits per heavy atom. The lowest BCUT2D eigenvalue weighted by Gasteiger charge is -2.31. The van der Waals surface area contributed by atoms with Crippen LogP contribution in [-0.4, -0.2) is 45.4 Å². The van der Waals surface area contributed by atoms with Crippen LogP contribution in [0.25, 0.3) is 0 Å². The van der Waals surface area contributed by atoms with E-state index >= 15 is 0 Å². The molecule has 0 radical (unpaired) electrons. The van der Waals surface area contributed by atoms with E-state index in [2.05, 4.69) is 53.1 Å². The average Bonchev–Trinajstić information content (AvgIpc) is 2.95. The number of aromatic amines is 1. The number of aromatic hydroxyl groups is 1. The van der Waals surface area contributed by atoms with Crippen LogP contribution in [0.1, 0.15) is 126 Å². The quantitative estimate of drug-likeness (QED) is 0.169. The SMILES string of the molecule is CCCCC(CC)CN(CC(CC)CCCC)C(=O)c1ccc(/N=N/c2c(O)[nH]c(=O)c(C(=O)NC(C)(C)C)c2C)cc1. The highest BCUT2D eigenvalue weighted by Crippen LogP contribution is 2.31. The lowest BCUT2D eigenvalue weighted by Crippen LogP contribution is -2.43. The summed E-state index contributed by atoms with van der Waals surface area (Å²) in [4.78, 5) is 43.3. The number of unbranched alkanes of at least 4 members (excludes halogenated alkanes) is 2. The molecule has 0 aliphatic heterocycles. The maximum absolute atomic E-state index is 13.8. The molecule has 1 aromatic heterocycles. The lowest BCUT2D eigenvalue weighted by atomic mass is 9.95. The van der Waals surface area contributed by atoms with Crippen molar-refractivity contribution in [1.29, 1.82) is 0 Å². The summed E-state index contributed by atoms with van der Waals surface area (Å²) in [6.45, 7) is 17.3. The first-order chi connectivity index (χ1) is 20.3. The van der Waals surface area contributed by atoms with E-state index in [4.69, 9.17) is 0 Å². The molecular weight excluding hydrogens is 542 g/mol. The number of nitrogens with one attached hydrogen (secondary N) is 2. The molecule has 0 bridgehead atoms. The highest BCUT2D eigenvalue weighted by Gasteiger charge is 2.24. The summed E-state index contributed by atoms with van der Waals surface area (Å²) in [5, 5.41) is 21.5. The Kier molecular flexibility index (Phi) is 14.1. The highest BCUT2D eigenvalue weighted by atomic mass is 16.3. The first kappa shape index (κ1) is 35.7. The van der Waals surface area contributed by atoms with Gasteiger partial charge in [-0.1, -0.05) is 66.2 Å². The van der Waals surface area contributed by atoms with Gasteiger partial charge in [0.15, 0.2) is 0 Å². The van der Waals surface area contributed by atoms with Gasteiger partial charge in [0.1, 0.15) is 11.3 Å². The van der Waals surface area contributed by atoms with Gasteiger partial charge in [0.2, 0.25) is 5.88 Å². The van der Waals surface area contributed by atoms with Gasteiger partial charge in [-0.3, -0.25) is 19.4 Å². The van der Waals surface area contributed by atoms with Crippen molar-refractivity contribution in [2.45, 2.75) is 112 Å². The summed E-state index contributed by atoms with van der Waals surface area (Å²) in [6, 6.07) is 6.93. The van der Waals surface area contributed by atoms with Crippen molar-refractivity contribution < 1.29 is 14.7 Å². The number of azo groups is 1. The van der Waals surface area contributed by atoms with Crippen LogP contribution >= 0.6 is 0 Å². The topological polar surface area (TPSA) is 127 Å². The number of benzene rings is 1. The Morgan fingerprint density at radius 2 is 1.47 bits per heavy atom. The van der Waals surface area contributed by atoms with Gasteiger partial charge in [-0.15, -0.1) is 5.11 Å². The second-order valence-corrected chi connectivity index (χ2v) is 12.6. The van der Waals surface area contributed by atoms with Gasteiger partial charge in [0.05, 0.1) is 5.69 Å². The molecule has 1 heterocycles. The zero-order chi connectivity index (χ0) is 32.2. The molecule has 0 fully saturated rings. The Hall–Kier alpha value is -3.49. The van der Waals surface area contributed by atoms with E-state index in [0.717, 1.165) is 51.6 Å². The van der Waals surface area contributed by atoms with Crippen LogP contribution in [0.5, 0.6) is 5.88 Å². The van der Waals surface area contributed by atoms with E-state index < -0.39 is 22.9 Å². The van der Waals surface area contributed by atoms with Gasteiger partial charge in [-0.2, -0.15) is 5.11 Å². The molecule has 3 N–H and O–H groups in total. The number of rotatable bonds is 16. The fourth-order valence-electron chi connectivity index (χ4n) is 5.15. The lowest BCUT2D eigenvalue weighted by molar-refractivity contribution is 0.0684. The number of carbonyl (C=O) groups is 2. The number of hydrogen-bond acceptors (Lipinski definition) is 6. The Labute approximate surface area is 257 Å². The molecule has 2 atom stereocenters. The zero-order valence-corrected chi connectivity index (χ0v) is 27.5. The second-order valence-electron chi connectivity index (χ2n) is 12.6. The van der Waals surface area contributed by atoms with Crippen molar-refractivity contribution in [1.82, 2.24) is 15.2 Å². The van der Waals surface area contributed by atoms with Gasteiger partial charge in [-0.05, 0) is 76.6 Å². The predicted molar refractivity (Wildman–Crippen MR) is 174 cm³/mol. The summed E-state index contributed by atoms with van der Waals surface area (Å²) in [5.74, 6) is -0.0521. The van der Waals surface area contributed by atoms with Gasteiger partial charge < -0.3 is 15.3 Å². The average molecular weight is 596 g/mol. The van der Waals surface area contributed by atoms with Crippen LogP contribution in [0.15, 0.2) is 39.3 Å². The second kappa shape index (κ2) is 17.0. The maximum Gasteiger partial charge on any atom is 0.263 e. The molecule has 9 nitrogen and oxygen atoms in total. The first-order valence-electron chi connectivity index (χ1n) is 15.9. The van der Waals surface area contributed by atoms with Crippen LogP contribution in [0.4, 0.5) is 11.4 Å². The number of nitrogens with zero attached hydrogens (tertiary/aromatic N) is 3. The summed E-state index contributed by atoms with van der Waals surface area (Å²) < 4.78 is 0. The summed E-state index contributed by atoms with van der Waals surface area (Å²) in [7, 11) is 0. The van der Waals surface area contributed by atoms with E-state index in [0.29, 0.717) is 23.1 Å². The minimum absolute atomic E-state index is 0.000334. The summed E-state index contributed by atoms with van der Waals surface area (Å²) in [5.41, 5.74) is -0.1000. The highest BCUT2D eigenvalue weighted by molar-refractivity contribution is 5.97. The van der Waals surface area contributed by atoms with Crippen molar-refractivity contribution in [3.63, 3.8) is 0 Å². The third-order valence-corrected chi connectivity index (χ3v) is 7.84. The molecule has 0 saturated carbocycles. The fraction of sp³-hybridized carbons (Fsp3) is 0.618. The van der Waals surface area contributed by atoms with Crippen LogP contribution < -0.4 is 10.9 Å². The van der Waals surface area contributed by atoms with Crippen LogP contribution in [0.3, 0.4) is 0 Å². The number of carbonyl (C=O) groups excluding carboxylic acids is 2. The van der Waals surface area contributed by atoms with E-state index in [1.54, 1.807) is 31.2 Å². The number of H-pyrrole nitrogens is 1. The van der Waals surface area contributed by atoms with Crippen molar-refractivity contribution in [2.75, 3.05) is 13.1 Å². The third-order valence-electron chi connectivity index (χ3n) is 7.84. The number of pyridine rings is 1. The minimum Gasteiger partial charge on any atom is -0.493 e. The van der Waals surface area contributed by atoms with Crippen LogP contribution in [-0.2, 0) is 0 Å². The number of aromatic nitrogens is 1. The van der Waals surface area contributed by atoms with E-state index in [9.17, 15) is 19.5 Å². The molecule has 43 heavy (non-hydrogen) atoms. The molecule has 2 unspecified atom stereocenters. The first-order valence-corrected chi connectivity index (χ1v) is 15.9. The number of amides is 2. The maximum atomic E-state index is 13.8. The van der Waals surface area contributed by atoms with Gasteiger partial charge >= 0.3 is 0 Å². The number of hydrogen-bond donors (Lipinski definition) is 3. The monoisotopic (exact) mass is 595 g/mol. The molecule has 0 aliphatic rings. The van der Waals surface area contributed by atoms with Crippen molar-refractivity contribution >= 4 is 23.2 Å². The van der Waals surface area contributed by atoms with E-state index in [1.807, 2.05) is 20.8 Å². The molecule has 2 rings (SSSR count). The molecule has 9 heteroatoms. The Balaban J connectivity index is 2.31. The zero-order valence-electron chi connectivity index (χ0n) is 27.5. The minimum atomic E-state index is -0.705. The third kappa shape index (κ3) is 10.9. The standard InChI is InChI=1S/C34H53N5O4/c1-9-13-15-24(11-3)21-39(22-25(12-4)16-14-10-2)33(43)26-17-19-27(20-18-26)37-38-29-23(5)28(30(40)35-32(29)42)31(41)36-34(6,7)8/h17-20,24-25H,9-16,21-22H2,1-8H3,(H,36,41)(H2,35,40,42)/b38-37+. The van der Waals surface area contributed by atoms with Crippen LogP contribution in [0.2, 0.25) is 0 Å². The Morgan fingerprint density at radius 3 is 1.93 bits per heavy atom. The van der Waals surface area contributed by atoms with Crippen molar-refractivity contribution in [2.24, 2.45) is 22.1 Å². The van der Waals surface area contributed by atoms with Gasteiger partial charge in [-0.25, -0.2) is 0 Å². The van der Waals surface area contributed by atoms with Gasteiger partial charge in [0, 0.05) is 29.8 Å². The van der Waals surface area contributed by atoms with E-state index in [-0.39, 0.29) is 22.7 Å². The molecule has 2 aromatic rings. The van der Waals surface area contributed by atoms with E-state index in [1.165, 1.54) is 12.8 Å². The Bertz CT molecular complexity index is 1260. The molecule has 238 valence electrons. The molecule has 0 aliphatic carbocycles. The molecule has 2 amide bonds.